The zero-order valence-corrected chi connectivity index (χ0v) is 13.2. The van der Waals surface area contributed by atoms with Gasteiger partial charge in [0.15, 0.2) is 0 Å². The molecule has 0 aliphatic rings. The Kier molecular flexibility index (Phi) is 5.82. The fourth-order valence-electron chi connectivity index (χ4n) is 2.58. The predicted octanol–water partition coefficient (Wildman–Crippen LogP) is 4.37. The highest BCUT2D eigenvalue weighted by Crippen LogP contribution is 2.20. The summed E-state index contributed by atoms with van der Waals surface area (Å²) < 4.78 is 5.30. The maximum absolute atomic E-state index is 5.30. The SMILES string of the molecule is CCC(Cc1ccccc1)NC(C)c1cccc(OC)c1. The maximum Gasteiger partial charge on any atom is 0.119 e. The van der Waals surface area contributed by atoms with E-state index in [9.17, 15) is 0 Å². The molecule has 2 atom stereocenters. The number of rotatable bonds is 7. The molecule has 2 rings (SSSR count). The van der Waals surface area contributed by atoms with Gasteiger partial charge < -0.3 is 10.1 Å². The van der Waals surface area contributed by atoms with Crippen LogP contribution in [0.2, 0.25) is 0 Å². The van der Waals surface area contributed by atoms with Gasteiger partial charge in [-0.1, -0.05) is 49.4 Å². The van der Waals surface area contributed by atoms with E-state index in [2.05, 4.69) is 61.6 Å². The van der Waals surface area contributed by atoms with E-state index in [-0.39, 0.29) is 0 Å². The highest BCUT2D eigenvalue weighted by Gasteiger charge is 2.13. The fraction of sp³-hybridized carbons (Fsp3) is 0.368. The zero-order valence-electron chi connectivity index (χ0n) is 13.2. The summed E-state index contributed by atoms with van der Waals surface area (Å²) >= 11 is 0. The van der Waals surface area contributed by atoms with Crippen LogP contribution < -0.4 is 10.1 Å². The highest BCUT2D eigenvalue weighted by atomic mass is 16.5. The van der Waals surface area contributed by atoms with Crippen molar-refractivity contribution in [2.75, 3.05) is 7.11 Å². The van der Waals surface area contributed by atoms with Crippen molar-refractivity contribution in [1.29, 1.82) is 0 Å². The Hall–Kier alpha value is -1.80. The Bertz CT molecular complexity index is 538. The zero-order chi connectivity index (χ0) is 15.1. The molecule has 0 aromatic heterocycles. The minimum atomic E-state index is 0.314. The molecule has 2 aromatic rings. The molecule has 0 bridgehead atoms. The summed E-state index contributed by atoms with van der Waals surface area (Å²) in [4.78, 5) is 0. The van der Waals surface area contributed by atoms with Crippen LogP contribution in [0.1, 0.15) is 37.4 Å². The molecule has 0 aliphatic heterocycles. The van der Waals surface area contributed by atoms with Gasteiger partial charge in [-0.3, -0.25) is 0 Å². The van der Waals surface area contributed by atoms with Gasteiger partial charge in [-0.15, -0.1) is 0 Å². The molecule has 1 N–H and O–H groups in total. The van der Waals surface area contributed by atoms with Crippen molar-refractivity contribution < 1.29 is 4.74 Å². The molecule has 21 heavy (non-hydrogen) atoms. The lowest BCUT2D eigenvalue weighted by atomic mass is 10.0. The Morgan fingerprint density at radius 2 is 1.81 bits per heavy atom. The molecule has 0 amide bonds. The smallest absolute Gasteiger partial charge is 0.119 e. The fourth-order valence-corrected chi connectivity index (χ4v) is 2.58. The molecule has 0 heterocycles. The van der Waals surface area contributed by atoms with Crippen molar-refractivity contribution >= 4 is 0 Å². The quantitative estimate of drug-likeness (QED) is 0.815. The lowest BCUT2D eigenvalue weighted by Gasteiger charge is -2.23. The summed E-state index contributed by atoms with van der Waals surface area (Å²) in [5, 5.41) is 3.73. The Morgan fingerprint density at radius 3 is 2.48 bits per heavy atom. The first-order chi connectivity index (χ1) is 10.2. The number of nitrogens with one attached hydrogen (secondary N) is 1. The van der Waals surface area contributed by atoms with E-state index in [1.165, 1.54) is 11.1 Å². The number of ether oxygens (including phenoxy) is 1. The summed E-state index contributed by atoms with van der Waals surface area (Å²) in [5.74, 6) is 0.914. The van der Waals surface area contributed by atoms with Gasteiger partial charge in [0.1, 0.15) is 5.75 Å². The van der Waals surface area contributed by atoms with Crippen LogP contribution in [0.25, 0.3) is 0 Å². The minimum Gasteiger partial charge on any atom is -0.497 e. The maximum atomic E-state index is 5.30. The van der Waals surface area contributed by atoms with Gasteiger partial charge in [-0.25, -0.2) is 0 Å². The molecule has 0 saturated carbocycles. The monoisotopic (exact) mass is 283 g/mol. The Morgan fingerprint density at radius 1 is 1.05 bits per heavy atom. The van der Waals surface area contributed by atoms with Crippen LogP contribution in [0.15, 0.2) is 54.6 Å². The van der Waals surface area contributed by atoms with Crippen molar-refractivity contribution in [2.24, 2.45) is 0 Å². The lowest BCUT2D eigenvalue weighted by Crippen LogP contribution is -2.32. The van der Waals surface area contributed by atoms with E-state index in [0.717, 1.165) is 18.6 Å². The first-order valence-corrected chi connectivity index (χ1v) is 7.66. The van der Waals surface area contributed by atoms with Crippen molar-refractivity contribution in [3.63, 3.8) is 0 Å². The summed E-state index contributed by atoms with van der Waals surface area (Å²) in [5.41, 5.74) is 2.65. The molecule has 2 aromatic carbocycles. The summed E-state index contributed by atoms with van der Waals surface area (Å²) in [7, 11) is 1.71. The van der Waals surface area contributed by atoms with Crippen molar-refractivity contribution in [3.05, 3.63) is 65.7 Å². The van der Waals surface area contributed by atoms with E-state index in [1.807, 2.05) is 12.1 Å². The number of hydrogen-bond donors (Lipinski definition) is 1. The third-order valence-electron chi connectivity index (χ3n) is 3.90. The topological polar surface area (TPSA) is 21.3 Å². The van der Waals surface area contributed by atoms with E-state index in [0.29, 0.717) is 12.1 Å². The van der Waals surface area contributed by atoms with Gasteiger partial charge in [0.25, 0.3) is 0 Å². The average Bonchev–Trinajstić information content (AvgIpc) is 2.55. The summed E-state index contributed by atoms with van der Waals surface area (Å²) in [6, 6.07) is 19.7. The van der Waals surface area contributed by atoms with Gasteiger partial charge in [0, 0.05) is 12.1 Å². The molecule has 0 radical (unpaired) electrons. The molecular formula is C19H25NO. The van der Waals surface area contributed by atoms with Crippen LogP contribution in [0.5, 0.6) is 5.75 Å². The molecule has 0 fully saturated rings. The van der Waals surface area contributed by atoms with E-state index in [1.54, 1.807) is 7.11 Å². The van der Waals surface area contributed by atoms with Gasteiger partial charge >= 0.3 is 0 Å². The van der Waals surface area contributed by atoms with Crippen LogP contribution in [0.3, 0.4) is 0 Å². The number of hydrogen-bond acceptors (Lipinski definition) is 2. The van der Waals surface area contributed by atoms with Gasteiger partial charge in [-0.2, -0.15) is 0 Å². The summed E-state index contributed by atoms with van der Waals surface area (Å²) in [6.45, 7) is 4.45. The largest absolute Gasteiger partial charge is 0.497 e. The minimum absolute atomic E-state index is 0.314. The van der Waals surface area contributed by atoms with Crippen LogP contribution in [-0.4, -0.2) is 13.2 Å². The molecule has 112 valence electrons. The molecule has 2 heteroatoms. The van der Waals surface area contributed by atoms with Crippen LogP contribution in [0.4, 0.5) is 0 Å². The van der Waals surface area contributed by atoms with Crippen molar-refractivity contribution in [2.45, 2.75) is 38.8 Å². The van der Waals surface area contributed by atoms with E-state index >= 15 is 0 Å². The molecular weight excluding hydrogens is 258 g/mol. The second-order valence-corrected chi connectivity index (χ2v) is 5.46. The number of methoxy groups -OCH3 is 1. The Balaban J connectivity index is 2.00. The van der Waals surface area contributed by atoms with Crippen molar-refractivity contribution in [1.82, 2.24) is 5.32 Å². The standard InChI is InChI=1S/C19H25NO/c1-4-18(13-16-9-6-5-7-10-16)20-15(2)17-11-8-12-19(14-17)21-3/h5-12,14-15,18,20H,4,13H2,1-3H3. The second-order valence-electron chi connectivity index (χ2n) is 5.46. The second kappa shape index (κ2) is 7.84. The first kappa shape index (κ1) is 15.6. The summed E-state index contributed by atoms with van der Waals surface area (Å²) in [6.07, 6.45) is 2.18. The van der Waals surface area contributed by atoms with Crippen molar-refractivity contribution in [3.8, 4) is 5.75 Å². The van der Waals surface area contributed by atoms with Gasteiger partial charge in [0.05, 0.1) is 7.11 Å². The highest BCUT2D eigenvalue weighted by molar-refractivity contribution is 5.30. The van der Waals surface area contributed by atoms with Gasteiger partial charge in [0.2, 0.25) is 0 Å². The van der Waals surface area contributed by atoms with Crippen LogP contribution in [-0.2, 0) is 6.42 Å². The third kappa shape index (κ3) is 4.61. The molecule has 0 aliphatic carbocycles. The average molecular weight is 283 g/mol. The van der Waals surface area contributed by atoms with Crippen LogP contribution >= 0.6 is 0 Å². The normalized spacial score (nSPS) is 13.7. The van der Waals surface area contributed by atoms with Crippen LogP contribution in [0, 0.1) is 0 Å². The lowest BCUT2D eigenvalue weighted by molar-refractivity contribution is 0.410. The predicted molar refractivity (Wildman–Crippen MR) is 88.8 cm³/mol. The van der Waals surface area contributed by atoms with Gasteiger partial charge in [-0.05, 0) is 43.0 Å². The molecule has 2 nitrogen and oxygen atoms in total. The molecule has 0 spiro atoms. The number of benzene rings is 2. The van der Waals surface area contributed by atoms with E-state index < -0.39 is 0 Å². The first-order valence-electron chi connectivity index (χ1n) is 7.66. The van der Waals surface area contributed by atoms with E-state index in [4.69, 9.17) is 4.74 Å². The Labute approximate surface area is 128 Å². The third-order valence-corrected chi connectivity index (χ3v) is 3.90. The molecule has 0 saturated heterocycles. The molecule has 2 unspecified atom stereocenters.